The van der Waals surface area contributed by atoms with Crippen LogP contribution in [0.5, 0.6) is 5.75 Å². The maximum absolute atomic E-state index is 11.2. The molecule has 92 valence electrons. The number of nitrogens with one attached hydrogen (secondary N) is 1. The Labute approximate surface area is 99.1 Å². The van der Waals surface area contributed by atoms with Crippen LogP contribution in [0.25, 0.3) is 0 Å². The third kappa shape index (κ3) is 3.48. The minimum atomic E-state index is -1.34. The summed E-state index contributed by atoms with van der Waals surface area (Å²) in [4.78, 5) is 22.2. The molecular formula is C12H15NO4. The fraction of sp³-hybridized carbons (Fsp3) is 0.333. The number of hydrogen-bond acceptors (Lipinski definition) is 3. The normalized spacial score (nSPS) is 13.8. The summed E-state index contributed by atoms with van der Waals surface area (Å²) in [5.41, 5.74) is -0.621. The summed E-state index contributed by atoms with van der Waals surface area (Å²) >= 11 is 0. The van der Waals surface area contributed by atoms with Gasteiger partial charge in [-0.3, -0.25) is 4.79 Å². The van der Waals surface area contributed by atoms with Crippen LogP contribution in [0.3, 0.4) is 0 Å². The summed E-state index contributed by atoms with van der Waals surface area (Å²) < 4.78 is 0. The summed E-state index contributed by atoms with van der Waals surface area (Å²) in [6.45, 7) is 2.72. The molecule has 1 rings (SSSR count). The van der Waals surface area contributed by atoms with Gasteiger partial charge in [0.2, 0.25) is 5.91 Å². The zero-order valence-corrected chi connectivity index (χ0v) is 9.73. The average molecular weight is 237 g/mol. The zero-order chi connectivity index (χ0) is 13.1. The van der Waals surface area contributed by atoms with Crippen LogP contribution in [0.15, 0.2) is 24.3 Å². The van der Waals surface area contributed by atoms with E-state index in [2.05, 4.69) is 5.32 Å². The van der Waals surface area contributed by atoms with Crippen LogP contribution >= 0.6 is 0 Å². The fourth-order valence-electron chi connectivity index (χ4n) is 1.58. The molecule has 0 radical (unpaired) electrons. The number of carboxylic acid groups (broad SMARTS) is 1. The third-order valence-electron chi connectivity index (χ3n) is 2.42. The number of carbonyl (C=O) groups is 2. The van der Waals surface area contributed by atoms with Gasteiger partial charge in [-0.05, 0) is 24.6 Å². The molecule has 0 aromatic heterocycles. The van der Waals surface area contributed by atoms with Crippen LogP contribution in [0.1, 0.15) is 19.4 Å². The van der Waals surface area contributed by atoms with Gasteiger partial charge in [0, 0.05) is 13.3 Å². The van der Waals surface area contributed by atoms with Gasteiger partial charge < -0.3 is 15.5 Å². The highest BCUT2D eigenvalue weighted by Gasteiger charge is 2.34. The summed E-state index contributed by atoms with van der Waals surface area (Å²) in [5.74, 6) is -1.38. The average Bonchev–Trinajstić information content (AvgIpc) is 2.20. The number of hydrogen-bond donors (Lipinski definition) is 3. The molecule has 0 saturated heterocycles. The first-order valence-electron chi connectivity index (χ1n) is 5.13. The maximum Gasteiger partial charge on any atom is 0.329 e. The van der Waals surface area contributed by atoms with Crippen molar-refractivity contribution in [2.75, 3.05) is 0 Å². The van der Waals surface area contributed by atoms with Gasteiger partial charge in [0.1, 0.15) is 11.3 Å². The molecule has 1 aromatic rings. The molecule has 1 unspecified atom stereocenters. The quantitative estimate of drug-likeness (QED) is 0.726. The molecule has 0 saturated carbocycles. The van der Waals surface area contributed by atoms with Crippen LogP contribution in [0, 0.1) is 0 Å². The van der Waals surface area contributed by atoms with E-state index in [1.807, 2.05) is 0 Å². The van der Waals surface area contributed by atoms with Crippen LogP contribution in [0.2, 0.25) is 0 Å². The van der Waals surface area contributed by atoms with E-state index in [-0.39, 0.29) is 12.2 Å². The molecule has 0 bridgehead atoms. The lowest BCUT2D eigenvalue weighted by Gasteiger charge is -2.25. The molecule has 5 nitrogen and oxygen atoms in total. The molecule has 0 fully saturated rings. The molecule has 0 aliphatic carbocycles. The molecular weight excluding hydrogens is 222 g/mol. The number of benzene rings is 1. The Morgan fingerprint density at radius 2 is 1.82 bits per heavy atom. The fourth-order valence-corrected chi connectivity index (χ4v) is 1.58. The molecule has 1 atom stereocenters. The van der Waals surface area contributed by atoms with Gasteiger partial charge in [-0.15, -0.1) is 0 Å². The van der Waals surface area contributed by atoms with Crippen molar-refractivity contribution in [3.63, 3.8) is 0 Å². The van der Waals surface area contributed by atoms with E-state index in [4.69, 9.17) is 10.2 Å². The molecule has 1 aromatic carbocycles. The molecule has 0 spiro atoms. The van der Waals surface area contributed by atoms with Gasteiger partial charge in [0.15, 0.2) is 0 Å². The first kappa shape index (κ1) is 13.0. The molecule has 1 amide bonds. The van der Waals surface area contributed by atoms with Crippen LogP contribution in [0.4, 0.5) is 0 Å². The van der Waals surface area contributed by atoms with Crippen LogP contribution in [-0.2, 0) is 16.0 Å². The number of rotatable bonds is 4. The van der Waals surface area contributed by atoms with Gasteiger partial charge in [-0.25, -0.2) is 4.79 Å². The molecule has 0 aliphatic rings. The van der Waals surface area contributed by atoms with E-state index in [1.165, 1.54) is 26.0 Å². The van der Waals surface area contributed by atoms with Gasteiger partial charge in [0.25, 0.3) is 0 Å². The Kier molecular flexibility index (Phi) is 3.73. The SMILES string of the molecule is CC(=O)NC(C)(Cc1ccc(O)cc1)C(=O)O. The van der Waals surface area contributed by atoms with E-state index in [0.717, 1.165) is 5.56 Å². The van der Waals surface area contributed by atoms with E-state index in [0.29, 0.717) is 0 Å². The highest BCUT2D eigenvalue weighted by atomic mass is 16.4. The monoisotopic (exact) mass is 237 g/mol. The predicted molar refractivity (Wildman–Crippen MR) is 61.7 cm³/mol. The summed E-state index contributed by atoms with van der Waals surface area (Å²) in [5, 5.41) is 20.7. The lowest BCUT2D eigenvalue weighted by atomic mass is 9.92. The Morgan fingerprint density at radius 1 is 1.29 bits per heavy atom. The van der Waals surface area contributed by atoms with Crippen LogP contribution < -0.4 is 5.32 Å². The minimum absolute atomic E-state index is 0.116. The second-order valence-electron chi connectivity index (χ2n) is 4.16. The minimum Gasteiger partial charge on any atom is -0.508 e. The topological polar surface area (TPSA) is 86.6 Å². The molecule has 3 N–H and O–H groups in total. The van der Waals surface area contributed by atoms with E-state index < -0.39 is 17.4 Å². The van der Waals surface area contributed by atoms with Crippen molar-refractivity contribution >= 4 is 11.9 Å². The highest BCUT2D eigenvalue weighted by Crippen LogP contribution is 2.16. The first-order chi connectivity index (χ1) is 7.83. The number of carbonyl (C=O) groups excluding carboxylic acids is 1. The van der Waals surface area contributed by atoms with Crippen LogP contribution in [-0.4, -0.2) is 27.6 Å². The van der Waals surface area contributed by atoms with Crippen molar-refractivity contribution in [3.8, 4) is 5.75 Å². The van der Waals surface area contributed by atoms with E-state index >= 15 is 0 Å². The van der Waals surface area contributed by atoms with Gasteiger partial charge >= 0.3 is 5.97 Å². The lowest BCUT2D eigenvalue weighted by molar-refractivity contribution is -0.146. The second kappa shape index (κ2) is 4.86. The third-order valence-corrected chi connectivity index (χ3v) is 2.42. The molecule has 5 heteroatoms. The maximum atomic E-state index is 11.2. The lowest BCUT2D eigenvalue weighted by Crippen LogP contribution is -2.53. The number of aliphatic carboxylic acids is 1. The summed E-state index contributed by atoms with van der Waals surface area (Å²) in [6, 6.07) is 6.20. The summed E-state index contributed by atoms with van der Waals surface area (Å²) in [6.07, 6.45) is 0.155. The second-order valence-corrected chi connectivity index (χ2v) is 4.16. The van der Waals surface area contributed by atoms with Crippen molar-refractivity contribution in [1.82, 2.24) is 5.32 Å². The standard InChI is InChI=1S/C12H15NO4/c1-8(14)13-12(2,11(16)17)7-9-3-5-10(15)6-4-9/h3-6,15H,7H2,1-2H3,(H,13,14)(H,16,17). The molecule has 17 heavy (non-hydrogen) atoms. The van der Waals surface area contributed by atoms with Crippen molar-refractivity contribution in [1.29, 1.82) is 0 Å². The Balaban J connectivity index is 2.90. The van der Waals surface area contributed by atoms with Gasteiger partial charge in [-0.1, -0.05) is 12.1 Å². The zero-order valence-electron chi connectivity index (χ0n) is 9.73. The van der Waals surface area contributed by atoms with Crippen molar-refractivity contribution in [2.24, 2.45) is 0 Å². The Hall–Kier alpha value is -2.04. The van der Waals surface area contributed by atoms with E-state index in [9.17, 15) is 9.59 Å². The van der Waals surface area contributed by atoms with Gasteiger partial charge in [-0.2, -0.15) is 0 Å². The Morgan fingerprint density at radius 3 is 2.24 bits per heavy atom. The predicted octanol–water partition coefficient (Wildman–Crippen LogP) is 0.914. The smallest absolute Gasteiger partial charge is 0.329 e. The van der Waals surface area contributed by atoms with Crippen molar-refractivity contribution in [3.05, 3.63) is 29.8 Å². The highest BCUT2D eigenvalue weighted by molar-refractivity contribution is 5.85. The number of carboxylic acids is 1. The molecule has 0 aliphatic heterocycles. The largest absolute Gasteiger partial charge is 0.508 e. The summed E-state index contributed by atoms with van der Waals surface area (Å²) in [7, 11) is 0. The van der Waals surface area contributed by atoms with Crippen molar-refractivity contribution in [2.45, 2.75) is 25.8 Å². The van der Waals surface area contributed by atoms with Gasteiger partial charge in [0.05, 0.1) is 0 Å². The number of amides is 1. The number of phenolic OH excluding ortho intramolecular Hbond substituents is 1. The Bertz CT molecular complexity index is 427. The molecule has 0 heterocycles. The number of aromatic hydroxyl groups is 1. The van der Waals surface area contributed by atoms with E-state index in [1.54, 1.807) is 12.1 Å². The number of phenols is 1. The van der Waals surface area contributed by atoms with Crippen molar-refractivity contribution < 1.29 is 19.8 Å². The first-order valence-corrected chi connectivity index (χ1v) is 5.13.